The topological polar surface area (TPSA) is 148 Å². The number of halogens is 6. The molecule has 0 radical (unpaired) electrons. The molecule has 1 fully saturated rings. The number of aromatic nitrogens is 5. The van der Waals surface area contributed by atoms with Gasteiger partial charge in [-0.3, -0.25) is 9.59 Å². The van der Waals surface area contributed by atoms with Gasteiger partial charge in [0.2, 0.25) is 11.8 Å². The van der Waals surface area contributed by atoms with Crippen molar-refractivity contribution in [3.05, 3.63) is 41.1 Å². The minimum absolute atomic E-state index is 0.0105. The quantitative estimate of drug-likeness (QED) is 0.249. The summed E-state index contributed by atoms with van der Waals surface area (Å²) in [6.45, 7) is 2.31. The van der Waals surface area contributed by atoms with Crippen molar-refractivity contribution in [1.82, 2.24) is 35.5 Å². The van der Waals surface area contributed by atoms with Gasteiger partial charge in [-0.25, -0.2) is 27.3 Å². The number of hydrogen-bond donors (Lipinski definition) is 3. The highest BCUT2D eigenvalue weighted by atomic mass is 19.4. The average molecular weight is 592 g/mol. The third kappa shape index (κ3) is 7.51. The van der Waals surface area contributed by atoms with Crippen LogP contribution in [0.4, 0.5) is 26.3 Å². The predicted molar refractivity (Wildman–Crippen MR) is 127 cm³/mol. The summed E-state index contributed by atoms with van der Waals surface area (Å²) in [5.41, 5.74) is -2.50. The van der Waals surface area contributed by atoms with Crippen LogP contribution in [0.5, 0.6) is 0 Å². The highest BCUT2D eigenvalue weighted by Gasteiger charge is 2.40. The van der Waals surface area contributed by atoms with Crippen LogP contribution in [0.3, 0.4) is 0 Å². The van der Waals surface area contributed by atoms with Gasteiger partial charge in [0.1, 0.15) is 0 Å². The van der Waals surface area contributed by atoms with Crippen LogP contribution in [-0.2, 0) is 10.5 Å². The van der Waals surface area contributed by atoms with Gasteiger partial charge in [0.15, 0.2) is 28.9 Å². The largest absolute Gasteiger partial charge is 0.389 e. The van der Waals surface area contributed by atoms with E-state index in [0.717, 1.165) is 20.0 Å². The normalized spacial score (nSPS) is 17.8. The van der Waals surface area contributed by atoms with Crippen molar-refractivity contribution in [3.8, 4) is 0 Å². The predicted octanol–water partition coefficient (Wildman–Crippen LogP) is 4.06. The van der Waals surface area contributed by atoms with Crippen molar-refractivity contribution in [2.24, 2.45) is 5.92 Å². The maximum Gasteiger partial charge on any atom is 0.389 e. The van der Waals surface area contributed by atoms with Crippen LogP contribution in [0.25, 0.3) is 5.65 Å². The number of carbonyl (C=O) groups excluding carboxylic acids is 2. The third-order valence-corrected chi connectivity index (χ3v) is 6.71. The molecule has 2 atom stereocenters. The lowest BCUT2D eigenvalue weighted by atomic mass is 9.81. The molecule has 0 bridgehead atoms. The fourth-order valence-electron chi connectivity index (χ4n) is 4.54. The third-order valence-electron chi connectivity index (χ3n) is 6.71. The first-order valence-corrected chi connectivity index (χ1v) is 12.6. The zero-order chi connectivity index (χ0) is 30.2. The number of aliphatic hydroxyl groups excluding tert-OH is 1. The summed E-state index contributed by atoms with van der Waals surface area (Å²) in [6, 6.07) is 0.368. The molecule has 0 aromatic carbocycles. The Hall–Kier alpha value is -3.76. The van der Waals surface area contributed by atoms with Crippen molar-refractivity contribution in [2.75, 3.05) is 0 Å². The molecule has 3 aromatic heterocycles. The Morgan fingerprint density at radius 1 is 1.17 bits per heavy atom. The molecule has 11 nitrogen and oxygen atoms in total. The Labute approximate surface area is 228 Å². The highest BCUT2D eigenvalue weighted by Crippen LogP contribution is 2.41. The number of carbonyl (C=O) groups is 2. The Bertz CT molecular complexity index is 1390. The van der Waals surface area contributed by atoms with E-state index in [2.05, 4.69) is 30.3 Å². The van der Waals surface area contributed by atoms with E-state index in [9.17, 15) is 41.0 Å². The lowest BCUT2D eigenvalue weighted by Gasteiger charge is -2.33. The second kappa shape index (κ2) is 11.3. The number of alkyl halides is 6. The van der Waals surface area contributed by atoms with Gasteiger partial charge in [0.25, 0.3) is 5.91 Å². The van der Waals surface area contributed by atoms with E-state index < -0.39 is 79.1 Å². The Morgan fingerprint density at radius 2 is 1.85 bits per heavy atom. The first-order chi connectivity index (χ1) is 19.0. The fourth-order valence-corrected chi connectivity index (χ4v) is 4.54. The number of imidazole rings is 1. The minimum atomic E-state index is -4.54. The monoisotopic (exact) mass is 591 g/mol. The highest BCUT2D eigenvalue weighted by molar-refractivity contribution is 5.93. The van der Waals surface area contributed by atoms with E-state index in [4.69, 9.17) is 0 Å². The van der Waals surface area contributed by atoms with Gasteiger partial charge in [0, 0.05) is 24.8 Å². The smallest absolute Gasteiger partial charge is 0.369 e. The first-order valence-electron chi connectivity index (χ1n) is 12.6. The van der Waals surface area contributed by atoms with Gasteiger partial charge in [-0.15, -0.1) is 0 Å². The van der Waals surface area contributed by atoms with Gasteiger partial charge in [-0.05, 0) is 43.8 Å². The molecule has 1 aliphatic rings. The van der Waals surface area contributed by atoms with Gasteiger partial charge < -0.3 is 15.7 Å². The number of hydrogen-bond acceptors (Lipinski definition) is 8. The summed E-state index contributed by atoms with van der Waals surface area (Å²) >= 11 is 0. The molecule has 1 unspecified atom stereocenters. The molecule has 41 heavy (non-hydrogen) atoms. The molecule has 3 N–H and O–H groups in total. The van der Waals surface area contributed by atoms with Crippen LogP contribution >= 0.6 is 0 Å². The molecule has 224 valence electrons. The molecule has 0 saturated heterocycles. The Morgan fingerprint density at radius 3 is 2.49 bits per heavy atom. The molecular weight excluding hydrogens is 564 g/mol. The number of nitrogens with zero attached hydrogens (tertiary/aromatic N) is 5. The minimum Gasteiger partial charge on any atom is -0.369 e. The number of aliphatic hydroxyl groups is 1. The SMILES string of the molecule is CC(C)(F)c1nonc1C(=O)NC(c1cn2ncc([C@@H](O)NC(=O)CCC(F)(F)F)cc2n1)C1CCC(F)(F)CC1. The fraction of sp³-hybridized carbons (Fsp3) is 0.583. The van der Waals surface area contributed by atoms with Crippen molar-refractivity contribution in [2.45, 2.75) is 82.4 Å². The van der Waals surface area contributed by atoms with Crippen molar-refractivity contribution >= 4 is 17.5 Å². The first kappa shape index (κ1) is 30.2. The van der Waals surface area contributed by atoms with E-state index in [1.165, 1.54) is 16.8 Å². The number of amides is 2. The zero-order valence-electron chi connectivity index (χ0n) is 21.9. The summed E-state index contributed by atoms with van der Waals surface area (Å²) in [5, 5.41) is 26.1. The maximum atomic E-state index is 14.5. The number of nitrogens with one attached hydrogen (secondary N) is 2. The second-order valence-corrected chi connectivity index (χ2v) is 10.4. The molecule has 0 aliphatic heterocycles. The molecule has 1 saturated carbocycles. The van der Waals surface area contributed by atoms with Crippen LogP contribution in [0, 0.1) is 5.92 Å². The molecule has 1 aliphatic carbocycles. The number of fused-ring (bicyclic) bond motifs is 1. The average Bonchev–Trinajstić information content (AvgIpc) is 3.53. The molecule has 17 heteroatoms. The van der Waals surface area contributed by atoms with Crippen LogP contribution in [0.1, 0.15) is 92.1 Å². The van der Waals surface area contributed by atoms with Gasteiger partial charge in [-0.1, -0.05) is 5.16 Å². The van der Waals surface area contributed by atoms with Crippen LogP contribution in [0.15, 0.2) is 23.1 Å². The van der Waals surface area contributed by atoms with Crippen LogP contribution in [0.2, 0.25) is 0 Å². The summed E-state index contributed by atoms with van der Waals surface area (Å²) < 4.78 is 85.3. The molecular formula is C24H27F6N7O4. The van der Waals surface area contributed by atoms with Crippen molar-refractivity contribution < 1.29 is 45.7 Å². The summed E-state index contributed by atoms with van der Waals surface area (Å²) in [5.74, 6) is -5.25. The second-order valence-electron chi connectivity index (χ2n) is 10.4. The maximum absolute atomic E-state index is 14.5. The van der Waals surface area contributed by atoms with Gasteiger partial charge in [0.05, 0.1) is 30.6 Å². The number of rotatable bonds is 9. The Balaban J connectivity index is 1.58. The summed E-state index contributed by atoms with van der Waals surface area (Å²) in [7, 11) is 0. The Kier molecular flexibility index (Phi) is 8.29. The standard InChI is InChI=1S/C24H27F6N7O4/c1-22(2,25)19-18(35-41-36-19)21(40)34-17(12-3-6-23(26,27)7-4-12)14-11-37-15(32-14)9-13(10-31-37)20(39)33-16(38)5-8-24(28,29)30/h9-12,17,20,39H,3-8H2,1-2H3,(H,33,38)(H,34,40)/t17?,20-/m1/s1. The summed E-state index contributed by atoms with van der Waals surface area (Å²) in [4.78, 5) is 29.3. The van der Waals surface area contributed by atoms with E-state index in [0.29, 0.717) is 0 Å². The lowest BCUT2D eigenvalue weighted by molar-refractivity contribution is -0.145. The summed E-state index contributed by atoms with van der Waals surface area (Å²) in [6.07, 6.45) is -6.67. The van der Waals surface area contributed by atoms with E-state index >= 15 is 0 Å². The van der Waals surface area contributed by atoms with E-state index in [1.807, 2.05) is 5.32 Å². The molecule has 3 aromatic rings. The van der Waals surface area contributed by atoms with Crippen molar-refractivity contribution in [1.29, 1.82) is 0 Å². The zero-order valence-corrected chi connectivity index (χ0v) is 21.9. The molecule has 2 amide bonds. The van der Waals surface area contributed by atoms with Crippen LogP contribution in [-0.4, -0.2) is 53.9 Å². The molecule has 0 spiro atoms. The van der Waals surface area contributed by atoms with E-state index in [1.54, 1.807) is 0 Å². The molecule has 4 rings (SSSR count). The van der Waals surface area contributed by atoms with Crippen LogP contribution < -0.4 is 10.6 Å². The lowest BCUT2D eigenvalue weighted by Crippen LogP contribution is -2.38. The van der Waals surface area contributed by atoms with Gasteiger partial charge in [-0.2, -0.15) is 18.3 Å². The van der Waals surface area contributed by atoms with Gasteiger partial charge >= 0.3 is 6.18 Å². The van der Waals surface area contributed by atoms with E-state index in [-0.39, 0.29) is 35.4 Å². The van der Waals surface area contributed by atoms with Crippen molar-refractivity contribution in [3.63, 3.8) is 0 Å². The molecule has 3 heterocycles.